The maximum Gasteiger partial charge on any atom is 0.341 e. The summed E-state index contributed by atoms with van der Waals surface area (Å²) in [7, 11) is 0. The van der Waals surface area contributed by atoms with Crippen LogP contribution in [0.25, 0.3) is 0 Å². The number of nitrogens with one attached hydrogen (secondary N) is 1. The van der Waals surface area contributed by atoms with Crippen molar-refractivity contribution >= 4 is 23.3 Å². The highest BCUT2D eigenvalue weighted by molar-refractivity contribution is 6.03. The van der Waals surface area contributed by atoms with E-state index in [2.05, 4.69) is 5.32 Å². The molecule has 0 atom stereocenters. The van der Waals surface area contributed by atoms with Crippen LogP contribution in [-0.2, 0) is 4.79 Å². The Morgan fingerprint density at radius 1 is 1.12 bits per heavy atom. The number of nitrogens with zero attached hydrogens (tertiary/aromatic N) is 1. The highest BCUT2D eigenvalue weighted by Gasteiger charge is 2.13. The third kappa shape index (κ3) is 3.86. The Kier molecular flexibility index (Phi) is 5.10. The summed E-state index contributed by atoms with van der Waals surface area (Å²) in [6.07, 6.45) is 1.20. The van der Waals surface area contributed by atoms with Crippen LogP contribution in [0.3, 0.4) is 0 Å². The number of hydrogen-bond donors (Lipinski definition) is 2. The smallest absolute Gasteiger partial charge is 0.341 e. The molecule has 1 aromatic carbocycles. The van der Waals surface area contributed by atoms with Crippen LogP contribution in [0.2, 0.25) is 0 Å². The zero-order chi connectivity index (χ0) is 17.7. The summed E-state index contributed by atoms with van der Waals surface area (Å²) in [6.45, 7) is 0.841. The number of benzene rings is 1. The SMILES string of the molecule is CC(=O)c1ccccc1NC(=O)COn1cccc(C(=O)O)c1=O. The minimum atomic E-state index is -1.39. The van der Waals surface area contributed by atoms with Gasteiger partial charge in [0.15, 0.2) is 12.4 Å². The molecule has 0 spiro atoms. The van der Waals surface area contributed by atoms with Crippen molar-refractivity contribution in [2.24, 2.45) is 0 Å². The molecule has 0 fully saturated rings. The Labute approximate surface area is 136 Å². The Balaban J connectivity index is 2.08. The highest BCUT2D eigenvalue weighted by atomic mass is 16.7. The Bertz CT molecular complexity index is 856. The first-order valence-corrected chi connectivity index (χ1v) is 6.88. The molecule has 0 aliphatic heterocycles. The van der Waals surface area contributed by atoms with Crippen LogP contribution in [0.5, 0.6) is 0 Å². The van der Waals surface area contributed by atoms with Gasteiger partial charge in [-0.25, -0.2) is 4.79 Å². The Hall–Kier alpha value is -3.42. The summed E-state index contributed by atoms with van der Waals surface area (Å²) in [5.74, 6) is -2.20. The molecule has 1 heterocycles. The molecule has 124 valence electrons. The molecule has 24 heavy (non-hydrogen) atoms. The number of hydrogen-bond acceptors (Lipinski definition) is 5. The Morgan fingerprint density at radius 2 is 1.79 bits per heavy atom. The topological polar surface area (TPSA) is 115 Å². The molecule has 0 saturated heterocycles. The molecule has 0 saturated carbocycles. The fourth-order valence-corrected chi connectivity index (χ4v) is 1.95. The predicted molar refractivity (Wildman–Crippen MR) is 84.2 cm³/mol. The largest absolute Gasteiger partial charge is 0.477 e. The lowest BCUT2D eigenvalue weighted by molar-refractivity contribution is -0.120. The molecular weight excluding hydrogens is 316 g/mol. The maximum atomic E-state index is 11.9. The van der Waals surface area contributed by atoms with Gasteiger partial charge in [-0.15, -0.1) is 0 Å². The number of Topliss-reactive ketones (excluding diaryl/α,β-unsaturated/α-hetero) is 1. The third-order valence-electron chi connectivity index (χ3n) is 3.06. The number of amides is 1. The molecule has 8 nitrogen and oxygen atoms in total. The van der Waals surface area contributed by atoms with Gasteiger partial charge < -0.3 is 15.3 Å². The summed E-state index contributed by atoms with van der Waals surface area (Å²) in [5, 5.41) is 11.4. The number of carboxylic acid groups (broad SMARTS) is 1. The number of carboxylic acids is 1. The number of carbonyl (C=O) groups excluding carboxylic acids is 2. The number of pyridine rings is 1. The van der Waals surface area contributed by atoms with Gasteiger partial charge in [0.1, 0.15) is 5.56 Å². The van der Waals surface area contributed by atoms with Gasteiger partial charge in [-0.1, -0.05) is 12.1 Å². The van der Waals surface area contributed by atoms with Gasteiger partial charge in [0.25, 0.3) is 11.5 Å². The van der Waals surface area contributed by atoms with Crippen LogP contribution >= 0.6 is 0 Å². The van der Waals surface area contributed by atoms with Crippen molar-refractivity contribution in [3.05, 3.63) is 64.1 Å². The molecule has 0 unspecified atom stereocenters. The number of aromatic nitrogens is 1. The van der Waals surface area contributed by atoms with Crippen molar-refractivity contribution in [3.63, 3.8) is 0 Å². The normalized spacial score (nSPS) is 10.0. The molecular formula is C16H14N2O6. The predicted octanol–water partition coefficient (Wildman–Crippen LogP) is 0.816. The van der Waals surface area contributed by atoms with Gasteiger partial charge >= 0.3 is 5.97 Å². The number of carbonyl (C=O) groups is 3. The van der Waals surface area contributed by atoms with Gasteiger partial charge in [0.05, 0.1) is 5.69 Å². The Morgan fingerprint density at radius 3 is 2.46 bits per heavy atom. The molecule has 0 aliphatic rings. The van der Waals surface area contributed by atoms with E-state index in [1.807, 2.05) is 0 Å². The van der Waals surface area contributed by atoms with Gasteiger partial charge in [-0.2, -0.15) is 4.73 Å². The van der Waals surface area contributed by atoms with Gasteiger partial charge in [0.2, 0.25) is 0 Å². The standard InChI is InChI=1S/C16H14N2O6/c1-10(19)11-5-2-3-7-13(11)17-14(20)9-24-18-8-4-6-12(15(18)21)16(22)23/h2-8H,9H2,1H3,(H,17,20)(H,22,23). The highest BCUT2D eigenvalue weighted by Crippen LogP contribution is 2.15. The molecule has 0 aliphatic carbocycles. The van der Waals surface area contributed by atoms with E-state index in [0.717, 1.165) is 6.07 Å². The van der Waals surface area contributed by atoms with Gasteiger partial charge in [-0.3, -0.25) is 14.4 Å². The number of anilines is 1. The minimum absolute atomic E-state index is 0.211. The average Bonchev–Trinajstić information content (AvgIpc) is 2.54. The fourth-order valence-electron chi connectivity index (χ4n) is 1.95. The second-order valence-electron chi connectivity index (χ2n) is 4.78. The summed E-state index contributed by atoms with van der Waals surface area (Å²) in [5.41, 5.74) is -0.692. The van der Waals surface area contributed by atoms with Crippen molar-refractivity contribution in [2.45, 2.75) is 6.92 Å². The summed E-state index contributed by atoms with van der Waals surface area (Å²) >= 11 is 0. The molecule has 2 N–H and O–H groups in total. The number of aromatic carboxylic acids is 1. The fraction of sp³-hybridized carbons (Fsp3) is 0.125. The average molecular weight is 330 g/mol. The van der Waals surface area contributed by atoms with E-state index in [-0.39, 0.29) is 5.78 Å². The van der Waals surface area contributed by atoms with E-state index < -0.39 is 29.6 Å². The number of ketones is 1. The van der Waals surface area contributed by atoms with E-state index in [4.69, 9.17) is 9.94 Å². The maximum absolute atomic E-state index is 11.9. The van der Waals surface area contributed by atoms with Crippen LogP contribution in [0, 0.1) is 0 Å². The number of para-hydroxylation sites is 1. The van der Waals surface area contributed by atoms with E-state index in [1.165, 1.54) is 19.2 Å². The summed E-state index contributed by atoms with van der Waals surface area (Å²) < 4.78 is 0.667. The third-order valence-corrected chi connectivity index (χ3v) is 3.06. The van der Waals surface area contributed by atoms with Crippen molar-refractivity contribution in [1.29, 1.82) is 0 Å². The van der Waals surface area contributed by atoms with Crippen molar-refractivity contribution in [3.8, 4) is 0 Å². The van der Waals surface area contributed by atoms with Crippen LogP contribution in [0.1, 0.15) is 27.6 Å². The first kappa shape index (κ1) is 16.9. The minimum Gasteiger partial charge on any atom is -0.477 e. The zero-order valence-electron chi connectivity index (χ0n) is 12.7. The zero-order valence-corrected chi connectivity index (χ0v) is 12.7. The molecule has 0 radical (unpaired) electrons. The second-order valence-corrected chi connectivity index (χ2v) is 4.78. The van der Waals surface area contributed by atoms with Crippen LogP contribution in [0.4, 0.5) is 5.69 Å². The quantitative estimate of drug-likeness (QED) is 0.758. The van der Waals surface area contributed by atoms with Crippen LogP contribution in [0.15, 0.2) is 47.4 Å². The van der Waals surface area contributed by atoms with Crippen LogP contribution in [-0.4, -0.2) is 34.1 Å². The van der Waals surface area contributed by atoms with E-state index in [0.29, 0.717) is 16.0 Å². The van der Waals surface area contributed by atoms with Crippen molar-refractivity contribution < 1.29 is 24.3 Å². The first-order valence-electron chi connectivity index (χ1n) is 6.88. The summed E-state index contributed by atoms with van der Waals surface area (Å²) in [4.78, 5) is 51.1. The number of rotatable bonds is 6. The molecule has 0 bridgehead atoms. The van der Waals surface area contributed by atoms with E-state index in [9.17, 15) is 19.2 Å². The van der Waals surface area contributed by atoms with Gasteiger partial charge in [0, 0.05) is 11.8 Å². The molecule has 1 amide bonds. The van der Waals surface area contributed by atoms with E-state index in [1.54, 1.807) is 24.3 Å². The van der Waals surface area contributed by atoms with E-state index >= 15 is 0 Å². The molecule has 1 aromatic heterocycles. The lowest BCUT2D eigenvalue weighted by Crippen LogP contribution is -2.34. The van der Waals surface area contributed by atoms with Crippen molar-refractivity contribution in [1.82, 2.24) is 4.73 Å². The molecule has 2 rings (SSSR count). The second kappa shape index (κ2) is 7.23. The van der Waals surface area contributed by atoms with Crippen molar-refractivity contribution in [2.75, 3.05) is 11.9 Å². The van der Waals surface area contributed by atoms with Crippen LogP contribution < -0.4 is 15.7 Å². The van der Waals surface area contributed by atoms with Gasteiger partial charge in [-0.05, 0) is 31.2 Å². The molecule has 8 heteroatoms. The molecule has 2 aromatic rings. The monoisotopic (exact) mass is 330 g/mol. The first-order chi connectivity index (χ1) is 11.4. The summed E-state index contributed by atoms with van der Waals surface area (Å²) in [6, 6.07) is 8.90. The lowest BCUT2D eigenvalue weighted by Gasteiger charge is -2.11. The lowest BCUT2D eigenvalue weighted by atomic mass is 10.1.